The molecule has 0 heterocycles. The SMILES string of the molecule is COCC(O)CN(C)CC(C)=O. The van der Waals surface area contributed by atoms with E-state index >= 15 is 0 Å². The second-order valence-corrected chi connectivity index (χ2v) is 3.01. The van der Waals surface area contributed by atoms with E-state index in [9.17, 15) is 9.90 Å². The van der Waals surface area contributed by atoms with E-state index in [0.29, 0.717) is 19.7 Å². The number of aliphatic hydroxyl groups excluding tert-OH is 1. The van der Waals surface area contributed by atoms with Crippen LogP contribution < -0.4 is 0 Å². The average molecular weight is 175 g/mol. The summed E-state index contributed by atoms with van der Waals surface area (Å²) in [6.07, 6.45) is -0.514. The maximum atomic E-state index is 10.6. The van der Waals surface area contributed by atoms with Crippen LogP contribution in [0.2, 0.25) is 0 Å². The summed E-state index contributed by atoms with van der Waals surface area (Å²) >= 11 is 0. The lowest BCUT2D eigenvalue weighted by Gasteiger charge is -2.18. The molecule has 0 bridgehead atoms. The first-order chi connectivity index (χ1) is 5.56. The van der Waals surface area contributed by atoms with Gasteiger partial charge in [-0.05, 0) is 14.0 Å². The Bertz CT molecular complexity index is 138. The lowest BCUT2D eigenvalue weighted by molar-refractivity contribution is -0.118. The van der Waals surface area contributed by atoms with Gasteiger partial charge in [-0.25, -0.2) is 0 Å². The summed E-state index contributed by atoms with van der Waals surface area (Å²) < 4.78 is 4.75. The van der Waals surface area contributed by atoms with E-state index < -0.39 is 6.10 Å². The lowest BCUT2D eigenvalue weighted by Crippen LogP contribution is -2.34. The summed E-state index contributed by atoms with van der Waals surface area (Å²) in [6, 6.07) is 0. The summed E-state index contributed by atoms with van der Waals surface area (Å²) in [6.45, 7) is 2.68. The minimum atomic E-state index is -0.514. The third-order valence-corrected chi connectivity index (χ3v) is 1.37. The number of carbonyl (C=O) groups excluding carboxylic acids is 1. The van der Waals surface area contributed by atoms with E-state index in [1.54, 1.807) is 11.9 Å². The summed E-state index contributed by atoms with van der Waals surface area (Å²) in [5, 5.41) is 9.25. The molecule has 0 aromatic heterocycles. The highest BCUT2D eigenvalue weighted by molar-refractivity contribution is 5.77. The van der Waals surface area contributed by atoms with Gasteiger partial charge in [0.15, 0.2) is 0 Å². The third kappa shape index (κ3) is 6.27. The zero-order valence-corrected chi connectivity index (χ0v) is 7.91. The largest absolute Gasteiger partial charge is 0.389 e. The van der Waals surface area contributed by atoms with E-state index in [2.05, 4.69) is 0 Å². The van der Waals surface area contributed by atoms with Crippen LogP contribution in [0.3, 0.4) is 0 Å². The van der Waals surface area contributed by atoms with Crippen molar-refractivity contribution in [3.05, 3.63) is 0 Å². The molecule has 0 fully saturated rings. The number of carbonyl (C=O) groups is 1. The molecule has 0 aromatic rings. The van der Waals surface area contributed by atoms with Crippen LogP contribution in [0.15, 0.2) is 0 Å². The van der Waals surface area contributed by atoms with Crippen molar-refractivity contribution < 1.29 is 14.6 Å². The number of hydrogen-bond donors (Lipinski definition) is 1. The third-order valence-electron chi connectivity index (χ3n) is 1.37. The van der Waals surface area contributed by atoms with Gasteiger partial charge in [0.05, 0.1) is 19.3 Å². The van der Waals surface area contributed by atoms with E-state index in [4.69, 9.17) is 4.74 Å². The Labute approximate surface area is 73.1 Å². The topological polar surface area (TPSA) is 49.8 Å². The number of likely N-dealkylation sites (N-methyl/N-ethyl adjacent to an activating group) is 1. The maximum Gasteiger partial charge on any atom is 0.143 e. The maximum absolute atomic E-state index is 10.6. The van der Waals surface area contributed by atoms with Gasteiger partial charge in [0.25, 0.3) is 0 Å². The predicted octanol–water partition coefficient (Wildman–Crippen LogP) is -0.486. The molecule has 0 saturated heterocycles. The molecule has 0 aliphatic rings. The molecule has 0 radical (unpaired) electrons. The molecular weight excluding hydrogens is 158 g/mol. The molecule has 12 heavy (non-hydrogen) atoms. The van der Waals surface area contributed by atoms with Gasteiger partial charge in [-0.3, -0.25) is 9.69 Å². The summed E-state index contributed by atoms with van der Waals surface area (Å²) in [7, 11) is 3.33. The van der Waals surface area contributed by atoms with E-state index in [1.807, 2.05) is 0 Å². The average Bonchev–Trinajstić information content (AvgIpc) is 1.84. The van der Waals surface area contributed by atoms with Gasteiger partial charge in [0.2, 0.25) is 0 Å². The van der Waals surface area contributed by atoms with Gasteiger partial charge >= 0.3 is 0 Å². The van der Waals surface area contributed by atoms with E-state index in [-0.39, 0.29) is 5.78 Å². The lowest BCUT2D eigenvalue weighted by atomic mass is 10.3. The highest BCUT2D eigenvalue weighted by Gasteiger charge is 2.08. The fourth-order valence-electron chi connectivity index (χ4n) is 1.05. The number of rotatable bonds is 6. The first-order valence-corrected chi connectivity index (χ1v) is 3.91. The first kappa shape index (κ1) is 11.6. The first-order valence-electron chi connectivity index (χ1n) is 3.91. The molecular formula is C8H17NO3. The summed E-state index contributed by atoms with van der Waals surface area (Å²) in [5.41, 5.74) is 0. The number of methoxy groups -OCH3 is 1. The Morgan fingerprint density at radius 2 is 2.25 bits per heavy atom. The Morgan fingerprint density at radius 1 is 1.67 bits per heavy atom. The highest BCUT2D eigenvalue weighted by atomic mass is 16.5. The Morgan fingerprint density at radius 3 is 2.67 bits per heavy atom. The van der Waals surface area contributed by atoms with Gasteiger partial charge in [-0.2, -0.15) is 0 Å². The molecule has 4 heteroatoms. The molecule has 1 unspecified atom stereocenters. The van der Waals surface area contributed by atoms with Gasteiger partial charge in [0.1, 0.15) is 5.78 Å². The van der Waals surface area contributed by atoms with Crippen LogP contribution in [0, 0.1) is 0 Å². The van der Waals surface area contributed by atoms with Crippen molar-refractivity contribution in [2.45, 2.75) is 13.0 Å². The van der Waals surface area contributed by atoms with Crippen LogP contribution in [0.5, 0.6) is 0 Å². The molecule has 0 spiro atoms. The number of ketones is 1. The number of hydrogen-bond acceptors (Lipinski definition) is 4. The minimum Gasteiger partial charge on any atom is -0.389 e. The second kappa shape index (κ2) is 6.11. The molecule has 0 aromatic carbocycles. The Balaban J connectivity index is 3.53. The Hall–Kier alpha value is -0.450. The molecule has 0 aliphatic carbocycles. The minimum absolute atomic E-state index is 0.0992. The highest BCUT2D eigenvalue weighted by Crippen LogP contribution is 1.89. The molecule has 1 N–H and O–H groups in total. The van der Waals surface area contributed by atoms with Crippen LogP contribution in [-0.4, -0.2) is 55.7 Å². The quantitative estimate of drug-likeness (QED) is 0.592. The zero-order valence-electron chi connectivity index (χ0n) is 7.91. The monoisotopic (exact) mass is 175 g/mol. The second-order valence-electron chi connectivity index (χ2n) is 3.01. The van der Waals surface area contributed by atoms with Crippen LogP contribution in [0.4, 0.5) is 0 Å². The van der Waals surface area contributed by atoms with Crippen molar-refractivity contribution in [3.63, 3.8) is 0 Å². The fraction of sp³-hybridized carbons (Fsp3) is 0.875. The van der Waals surface area contributed by atoms with Crippen LogP contribution in [0.1, 0.15) is 6.92 Å². The standard InChI is InChI=1S/C8H17NO3/c1-7(10)4-9(2)5-8(11)6-12-3/h8,11H,4-6H2,1-3H3. The van der Waals surface area contributed by atoms with E-state index in [0.717, 1.165) is 0 Å². The normalized spacial score (nSPS) is 13.4. The van der Waals surface area contributed by atoms with Gasteiger partial charge in [-0.1, -0.05) is 0 Å². The van der Waals surface area contributed by atoms with Crippen molar-refractivity contribution in [1.29, 1.82) is 0 Å². The molecule has 4 nitrogen and oxygen atoms in total. The van der Waals surface area contributed by atoms with Crippen molar-refractivity contribution >= 4 is 5.78 Å². The number of aliphatic hydroxyl groups is 1. The zero-order chi connectivity index (χ0) is 9.56. The van der Waals surface area contributed by atoms with Crippen molar-refractivity contribution in [2.75, 3.05) is 33.9 Å². The number of nitrogens with zero attached hydrogens (tertiary/aromatic N) is 1. The van der Waals surface area contributed by atoms with Gasteiger partial charge in [0, 0.05) is 13.7 Å². The van der Waals surface area contributed by atoms with Crippen molar-refractivity contribution in [3.8, 4) is 0 Å². The number of ether oxygens (including phenoxy) is 1. The van der Waals surface area contributed by atoms with E-state index in [1.165, 1.54) is 14.0 Å². The predicted molar refractivity (Wildman–Crippen MR) is 46.1 cm³/mol. The summed E-state index contributed by atoms with van der Waals surface area (Å²) in [5.74, 6) is 0.0992. The van der Waals surface area contributed by atoms with Crippen molar-refractivity contribution in [1.82, 2.24) is 4.90 Å². The fourth-order valence-corrected chi connectivity index (χ4v) is 1.05. The van der Waals surface area contributed by atoms with Crippen LogP contribution in [0.25, 0.3) is 0 Å². The molecule has 1 atom stereocenters. The molecule has 0 rings (SSSR count). The number of Topliss-reactive ketones (excluding diaryl/α,β-unsaturated/α-hetero) is 1. The van der Waals surface area contributed by atoms with Crippen LogP contribution in [-0.2, 0) is 9.53 Å². The Kier molecular flexibility index (Phi) is 5.88. The van der Waals surface area contributed by atoms with Gasteiger partial charge in [-0.15, -0.1) is 0 Å². The molecule has 0 saturated carbocycles. The molecule has 72 valence electrons. The van der Waals surface area contributed by atoms with Gasteiger partial charge < -0.3 is 9.84 Å². The molecule has 0 aliphatic heterocycles. The summed E-state index contributed by atoms with van der Waals surface area (Å²) in [4.78, 5) is 12.4. The van der Waals surface area contributed by atoms with Crippen molar-refractivity contribution in [2.24, 2.45) is 0 Å². The smallest absolute Gasteiger partial charge is 0.143 e. The van der Waals surface area contributed by atoms with Crippen LogP contribution >= 0.6 is 0 Å². The molecule has 0 amide bonds.